The molecule has 8 heteroatoms. The molecule has 0 atom stereocenters. The maximum Gasteiger partial charge on any atom is 0.263 e. The van der Waals surface area contributed by atoms with Crippen LogP contribution in [0.15, 0.2) is 53.4 Å². The van der Waals surface area contributed by atoms with Gasteiger partial charge in [-0.3, -0.25) is 4.79 Å². The fourth-order valence-corrected chi connectivity index (χ4v) is 3.00. The first kappa shape index (κ1) is 20.2. The Morgan fingerprint density at radius 3 is 2.19 bits per heavy atom. The molecule has 0 unspecified atom stereocenters. The second kappa shape index (κ2) is 8.07. The second-order valence-electron chi connectivity index (χ2n) is 6.10. The summed E-state index contributed by atoms with van der Waals surface area (Å²) in [4.78, 5) is 12.6. The summed E-state index contributed by atoms with van der Waals surface area (Å²) in [5.74, 6) is 0.246. The number of amides is 1. The van der Waals surface area contributed by atoms with Crippen LogP contribution in [0.1, 0.15) is 19.4 Å². The quantitative estimate of drug-likeness (QED) is 0.753. The van der Waals surface area contributed by atoms with Crippen molar-refractivity contribution in [3.05, 3.63) is 59.1 Å². The molecule has 0 saturated heterocycles. The van der Waals surface area contributed by atoms with E-state index in [4.69, 9.17) is 16.3 Å². The normalized spacial score (nSPS) is 11.8. The zero-order valence-electron chi connectivity index (χ0n) is 14.7. The lowest BCUT2D eigenvalue weighted by atomic mass is 10.1. The van der Waals surface area contributed by atoms with Crippen LogP contribution >= 0.6 is 11.6 Å². The van der Waals surface area contributed by atoms with Gasteiger partial charge in [0.25, 0.3) is 5.91 Å². The maximum atomic E-state index is 12.4. The van der Waals surface area contributed by atoms with E-state index in [0.717, 1.165) is 5.56 Å². The maximum absolute atomic E-state index is 12.4. The molecule has 0 aromatic heterocycles. The van der Waals surface area contributed by atoms with Gasteiger partial charge in [-0.1, -0.05) is 23.7 Å². The van der Waals surface area contributed by atoms with Crippen LogP contribution in [-0.4, -0.2) is 27.0 Å². The molecular formula is C18H21ClN2O4S. The van der Waals surface area contributed by atoms with Gasteiger partial charge in [-0.25, -0.2) is 13.1 Å². The molecule has 2 aromatic carbocycles. The molecule has 1 amide bonds. The Morgan fingerprint density at radius 1 is 1.08 bits per heavy atom. The number of carbonyl (C=O) groups is 1. The Morgan fingerprint density at radius 2 is 1.65 bits per heavy atom. The van der Waals surface area contributed by atoms with Crippen LogP contribution in [0.5, 0.6) is 5.75 Å². The molecular weight excluding hydrogens is 376 g/mol. The first-order valence-corrected chi connectivity index (χ1v) is 9.75. The van der Waals surface area contributed by atoms with E-state index in [-0.39, 0.29) is 17.3 Å². The van der Waals surface area contributed by atoms with E-state index < -0.39 is 15.6 Å². The van der Waals surface area contributed by atoms with Crippen LogP contribution in [0.2, 0.25) is 5.02 Å². The van der Waals surface area contributed by atoms with Gasteiger partial charge in [0.15, 0.2) is 5.60 Å². The number of ether oxygens (including phenoxy) is 1. The van der Waals surface area contributed by atoms with Gasteiger partial charge in [0.2, 0.25) is 10.0 Å². The van der Waals surface area contributed by atoms with Crippen LogP contribution in [0.3, 0.4) is 0 Å². The summed E-state index contributed by atoms with van der Waals surface area (Å²) in [5.41, 5.74) is -0.306. The van der Waals surface area contributed by atoms with Gasteiger partial charge in [0.05, 0.1) is 4.90 Å². The lowest BCUT2D eigenvalue weighted by Crippen LogP contribution is -2.46. The van der Waals surface area contributed by atoms with E-state index in [1.165, 1.54) is 19.2 Å². The highest BCUT2D eigenvalue weighted by atomic mass is 35.5. The third-order valence-corrected chi connectivity index (χ3v) is 5.37. The van der Waals surface area contributed by atoms with Crippen molar-refractivity contribution in [2.45, 2.75) is 30.9 Å². The van der Waals surface area contributed by atoms with Crippen molar-refractivity contribution in [3.8, 4) is 5.75 Å². The van der Waals surface area contributed by atoms with Gasteiger partial charge in [-0.05, 0) is 62.9 Å². The molecule has 0 aliphatic heterocycles. The molecule has 2 rings (SSSR count). The number of hydrogen-bond acceptors (Lipinski definition) is 4. The summed E-state index contributed by atoms with van der Waals surface area (Å²) in [6.45, 7) is 3.59. The number of benzene rings is 2. The van der Waals surface area contributed by atoms with E-state index in [9.17, 15) is 13.2 Å². The average molecular weight is 397 g/mol. The van der Waals surface area contributed by atoms with Gasteiger partial charge in [-0.2, -0.15) is 0 Å². The fourth-order valence-electron chi connectivity index (χ4n) is 2.14. The SMILES string of the molecule is CNS(=O)(=O)c1ccc(CNC(=O)C(C)(C)Oc2ccc(Cl)cc2)cc1. The summed E-state index contributed by atoms with van der Waals surface area (Å²) in [6, 6.07) is 13.0. The summed E-state index contributed by atoms with van der Waals surface area (Å²) in [6.07, 6.45) is 0. The van der Waals surface area contributed by atoms with Crippen molar-refractivity contribution in [2.24, 2.45) is 0 Å². The predicted octanol–water partition coefficient (Wildman–Crippen LogP) is 2.72. The van der Waals surface area contributed by atoms with Crippen LogP contribution in [0.4, 0.5) is 0 Å². The zero-order valence-corrected chi connectivity index (χ0v) is 16.3. The van der Waals surface area contributed by atoms with Gasteiger partial charge < -0.3 is 10.1 Å². The molecule has 0 fully saturated rings. The second-order valence-corrected chi connectivity index (χ2v) is 8.42. The molecule has 0 bridgehead atoms. The standard InChI is InChI=1S/C18H21ClN2O4S/c1-18(2,25-15-8-6-14(19)7-9-15)17(22)21-12-13-4-10-16(11-5-13)26(23,24)20-3/h4-11,20H,12H2,1-3H3,(H,21,22). The number of halogens is 1. The predicted molar refractivity (Wildman–Crippen MR) is 101 cm³/mol. The highest BCUT2D eigenvalue weighted by Gasteiger charge is 2.29. The number of nitrogens with one attached hydrogen (secondary N) is 2. The van der Waals surface area contributed by atoms with Crippen LogP contribution < -0.4 is 14.8 Å². The molecule has 140 valence electrons. The minimum Gasteiger partial charge on any atom is -0.478 e. The third kappa shape index (κ3) is 5.20. The molecule has 0 aliphatic carbocycles. The van der Waals surface area contributed by atoms with Crippen molar-refractivity contribution in [3.63, 3.8) is 0 Å². The molecule has 0 radical (unpaired) electrons. The highest BCUT2D eigenvalue weighted by molar-refractivity contribution is 7.89. The van der Waals surface area contributed by atoms with Crippen molar-refractivity contribution in [2.75, 3.05) is 7.05 Å². The van der Waals surface area contributed by atoms with Crippen LogP contribution in [0, 0.1) is 0 Å². The molecule has 0 spiro atoms. The monoisotopic (exact) mass is 396 g/mol. The Hall–Kier alpha value is -2.09. The third-order valence-electron chi connectivity index (χ3n) is 3.69. The molecule has 0 aliphatic rings. The van der Waals surface area contributed by atoms with E-state index in [2.05, 4.69) is 10.0 Å². The molecule has 0 saturated carbocycles. The van der Waals surface area contributed by atoms with Gasteiger partial charge in [-0.15, -0.1) is 0 Å². The molecule has 26 heavy (non-hydrogen) atoms. The lowest BCUT2D eigenvalue weighted by molar-refractivity contribution is -0.134. The zero-order chi connectivity index (χ0) is 19.4. The lowest BCUT2D eigenvalue weighted by Gasteiger charge is -2.25. The van der Waals surface area contributed by atoms with Crippen molar-refractivity contribution in [1.82, 2.24) is 10.0 Å². The van der Waals surface area contributed by atoms with E-state index in [0.29, 0.717) is 10.8 Å². The highest BCUT2D eigenvalue weighted by Crippen LogP contribution is 2.21. The largest absolute Gasteiger partial charge is 0.478 e. The minimum absolute atomic E-state index is 0.168. The smallest absolute Gasteiger partial charge is 0.263 e. The Balaban J connectivity index is 1.97. The summed E-state index contributed by atoms with van der Waals surface area (Å²) in [5, 5.41) is 3.37. The van der Waals surface area contributed by atoms with Gasteiger partial charge in [0.1, 0.15) is 5.75 Å². The minimum atomic E-state index is -3.47. The van der Waals surface area contributed by atoms with Crippen molar-refractivity contribution < 1.29 is 17.9 Å². The van der Waals surface area contributed by atoms with Crippen LogP contribution in [0.25, 0.3) is 0 Å². The van der Waals surface area contributed by atoms with Gasteiger partial charge >= 0.3 is 0 Å². The first-order valence-electron chi connectivity index (χ1n) is 7.89. The average Bonchev–Trinajstić information content (AvgIpc) is 2.61. The number of carbonyl (C=O) groups excluding carboxylic acids is 1. The molecule has 6 nitrogen and oxygen atoms in total. The van der Waals surface area contributed by atoms with Crippen molar-refractivity contribution >= 4 is 27.5 Å². The number of sulfonamides is 1. The first-order chi connectivity index (χ1) is 12.1. The van der Waals surface area contributed by atoms with E-state index in [1.807, 2.05) is 0 Å². The topological polar surface area (TPSA) is 84.5 Å². The van der Waals surface area contributed by atoms with Crippen LogP contribution in [-0.2, 0) is 21.4 Å². The fraction of sp³-hybridized carbons (Fsp3) is 0.278. The molecule has 2 aromatic rings. The Kier molecular flexibility index (Phi) is 6.28. The number of rotatable bonds is 7. The van der Waals surface area contributed by atoms with Crippen molar-refractivity contribution in [1.29, 1.82) is 0 Å². The molecule has 0 heterocycles. The Labute approximate surface area is 158 Å². The summed E-state index contributed by atoms with van der Waals surface area (Å²) >= 11 is 5.84. The Bertz CT molecular complexity index is 863. The van der Waals surface area contributed by atoms with Gasteiger partial charge in [0, 0.05) is 11.6 Å². The number of hydrogen-bond donors (Lipinski definition) is 2. The summed E-state index contributed by atoms with van der Waals surface area (Å²) < 4.78 is 31.4. The van der Waals surface area contributed by atoms with E-state index >= 15 is 0 Å². The summed E-state index contributed by atoms with van der Waals surface area (Å²) in [7, 11) is -2.12. The molecule has 2 N–H and O–H groups in total. The van der Waals surface area contributed by atoms with E-state index in [1.54, 1.807) is 50.2 Å².